The SMILES string of the molecule is CC(C)(CO)CCCNCc1ccc(F)cc1C(F)(F)F. The highest BCUT2D eigenvalue weighted by Gasteiger charge is 2.33. The van der Waals surface area contributed by atoms with Crippen LogP contribution in [0.15, 0.2) is 18.2 Å². The van der Waals surface area contributed by atoms with Crippen LogP contribution in [0.1, 0.15) is 37.8 Å². The molecule has 120 valence electrons. The normalized spacial score (nSPS) is 12.7. The quantitative estimate of drug-likeness (QED) is 0.594. The molecule has 0 aliphatic rings. The van der Waals surface area contributed by atoms with Gasteiger partial charge in [0.2, 0.25) is 0 Å². The Labute approximate surface area is 122 Å². The van der Waals surface area contributed by atoms with E-state index in [0.717, 1.165) is 25.0 Å². The van der Waals surface area contributed by atoms with Crippen LogP contribution in [0.4, 0.5) is 17.6 Å². The van der Waals surface area contributed by atoms with Gasteiger partial charge in [-0.15, -0.1) is 0 Å². The summed E-state index contributed by atoms with van der Waals surface area (Å²) in [4.78, 5) is 0. The number of hydrogen-bond acceptors (Lipinski definition) is 2. The van der Waals surface area contributed by atoms with E-state index >= 15 is 0 Å². The van der Waals surface area contributed by atoms with E-state index in [0.29, 0.717) is 12.6 Å². The third kappa shape index (κ3) is 6.01. The maximum Gasteiger partial charge on any atom is 0.416 e. The Morgan fingerprint density at radius 2 is 1.86 bits per heavy atom. The first-order valence-electron chi connectivity index (χ1n) is 6.83. The summed E-state index contributed by atoms with van der Waals surface area (Å²) in [5.74, 6) is -0.893. The first kappa shape index (κ1) is 17.9. The van der Waals surface area contributed by atoms with Crippen LogP contribution in [0.5, 0.6) is 0 Å². The molecule has 0 saturated heterocycles. The maximum atomic E-state index is 12.9. The number of hydrogen-bond donors (Lipinski definition) is 2. The number of alkyl halides is 3. The zero-order valence-corrected chi connectivity index (χ0v) is 12.2. The number of nitrogens with one attached hydrogen (secondary N) is 1. The van der Waals surface area contributed by atoms with Crippen molar-refractivity contribution in [1.82, 2.24) is 5.32 Å². The van der Waals surface area contributed by atoms with E-state index in [9.17, 15) is 17.6 Å². The number of aliphatic hydroxyl groups excluding tert-OH is 1. The molecule has 0 bridgehead atoms. The maximum absolute atomic E-state index is 12.9. The smallest absolute Gasteiger partial charge is 0.396 e. The van der Waals surface area contributed by atoms with Crippen LogP contribution in [-0.2, 0) is 12.7 Å². The van der Waals surface area contributed by atoms with Gasteiger partial charge in [0, 0.05) is 13.2 Å². The molecule has 21 heavy (non-hydrogen) atoms. The number of halogens is 4. The molecule has 6 heteroatoms. The molecule has 1 aromatic rings. The van der Waals surface area contributed by atoms with Crippen LogP contribution in [0.25, 0.3) is 0 Å². The van der Waals surface area contributed by atoms with Crippen molar-refractivity contribution >= 4 is 0 Å². The van der Waals surface area contributed by atoms with E-state index in [1.54, 1.807) is 0 Å². The van der Waals surface area contributed by atoms with Crippen molar-refractivity contribution in [1.29, 1.82) is 0 Å². The van der Waals surface area contributed by atoms with Crippen LogP contribution in [0.2, 0.25) is 0 Å². The van der Waals surface area contributed by atoms with Gasteiger partial charge >= 0.3 is 6.18 Å². The van der Waals surface area contributed by atoms with Crippen molar-refractivity contribution in [3.8, 4) is 0 Å². The predicted octanol–water partition coefficient (Wildman–Crippen LogP) is 3.73. The molecule has 0 spiro atoms. The molecule has 0 atom stereocenters. The molecular formula is C15H21F4NO. The number of benzene rings is 1. The van der Waals surface area contributed by atoms with Crippen LogP contribution in [-0.4, -0.2) is 18.3 Å². The molecular weight excluding hydrogens is 286 g/mol. The standard InChI is InChI=1S/C15H21F4NO/c1-14(2,10-21)6-3-7-20-9-11-4-5-12(16)8-13(11)15(17,18)19/h4-5,8,20-21H,3,6-7,9-10H2,1-2H3. The summed E-state index contributed by atoms with van der Waals surface area (Å²) in [5, 5.41) is 12.0. The summed E-state index contributed by atoms with van der Waals surface area (Å²) in [5.41, 5.74) is -1.09. The molecule has 2 N–H and O–H groups in total. The van der Waals surface area contributed by atoms with Crippen molar-refractivity contribution < 1.29 is 22.7 Å². The molecule has 0 aliphatic heterocycles. The van der Waals surface area contributed by atoms with Gasteiger partial charge in [-0.25, -0.2) is 4.39 Å². The highest BCUT2D eigenvalue weighted by Crippen LogP contribution is 2.32. The lowest BCUT2D eigenvalue weighted by Gasteiger charge is -2.21. The average Bonchev–Trinajstić information content (AvgIpc) is 2.38. The van der Waals surface area contributed by atoms with Crippen LogP contribution >= 0.6 is 0 Å². The summed E-state index contributed by atoms with van der Waals surface area (Å²) in [6, 6.07) is 2.70. The zero-order valence-electron chi connectivity index (χ0n) is 12.2. The summed E-state index contributed by atoms with van der Waals surface area (Å²) < 4.78 is 51.3. The van der Waals surface area contributed by atoms with Gasteiger partial charge in [0.05, 0.1) is 5.56 Å². The van der Waals surface area contributed by atoms with Gasteiger partial charge < -0.3 is 10.4 Å². The second-order valence-corrected chi connectivity index (χ2v) is 5.90. The summed E-state index contributed by atoms with van der Waals surface area (Å²) in [6.45, 7) is 4.50. The highest BCUT2D eigenvalue weighted by molar-refractivity contribution is 5.30. The van der Waals surface area contributed by atoms with Crippen molar-refractivity contribution in [2.24, 2.45) is 5.41 Å². The molecule has 0 amide bonds. The van der Waals surface area contributed by atoms with E-state index < -0.39 is 17.6 Å². The molecule has 0 saturated carbocycles. The van der Waals surface area contributed by atoms with Gasteiger partial charge in [-0.1, -0.05) is 19.9 Å². The number of aliphatic hydroxyl groups is 1. The minimum Gasteiger partial charge on any atom is -0.396 e. The molecule has 2 nitrogen and oxygen atoms in total. The fourth-order valence-corrected chi connectivity index (χ4v) is 1.96. The third-order valence-corrected chi connectivity index (χ3v) is 3.33. The van der Waals surface area contributed by atoms with Gasteiger partial charge in [0.25, 0.3) is 0 Å². The molecule has 0 aliphatic carbocycles. The van der Waals surface area contributed by atoms with Crippen LogP contribution < -0.4 is 5.32 Å². The second kappa shape index (κ2) is 7.22. The van der Waals surface area contributed by atoms with Crippen molar-refractivity contribution in [2.75, 3.05) is 13.2 Å². The van der Waals surface area contributed by atoms with Gasteiger partial charge in [-0.2, -0.15) is 13.2 Å². The van der Waals surface area contributed by atoms with Gasteiger partial charge in [-0.3, -0.25) is 0 Å². The Hall–Kier alpha value is -1.14. The van der Waals surface area contributed by atoms with Crippen LogP contribution in [0, 0.1) is 11.2 Å². The Bertz CT molecular complexity index is 457. The Kier molecular flexibility index (Phi) is 6.16. The fourth-order valence-electron chi connectivity index (χ4n) is 1.96. The Morgan fingerprint density at radius 1 is 1.19 bits per heavy atom. The molecule has 0 heterocycles. The molecule has 0 radical (unpaired) electrons. The van der Waals surface area contributed by atoms with E-state index in [1.165, 1.54) is 0 Å². The van der Waals surface area contributed by atoms with Gasteiger partial charge in [-0.05, 0) is 42.5 Å². The first-order valence-corrected chi connectivity index (χ1v) is 6.83. The lowest BCUT2D eigenvalue weighted by Crippen LogP contribution is -2.22. The molecule has 1 aromatic carbocycles. The minimum absolute atomic E-state index is 0.0327. The lowest BCUT2D eigenvalue weighted by molar-refractivity contribution is -0.138. The highest BCUT2D eigenvalue weighted by atomic mass is 19.4. The van der Waals surface area contributed by atoms with Crippen molar-refractivity contribution in [3.05, 3.63) is 35.1 Å². The van der Waals surface area contributed by atoms with E-state index in [1.807, 2.05) is 13.8 Å². The number of rotatable bonds is 7. The monoisotopic (exact) mass is 307 g/mol. The Balaban J connectivity index is 2.53. The van der Waals surface area contributed by atoms with Crippen molar-refractivity contribution in [3.63, 3.8) is 0 Å². The largest absolute Gasteiger partial charge is 0.416 e. The third-order valence-electron chi connectivity index (χ3n) is 3.33. The van der Waals surface area contributed by atoms with Gasteiger partial charge in [0.1, 0.15) is 5.82 Å². The van der Waals surface area contributed by atoms with Crippen molar-refractivity contribution in [2.45, 2.75) is 39.4 Å². The summed E-state index contributed by atoms with van der Waals surface area (Å²) >= 11 is 0. The van der Waals surface area contributed by atoms with E-state index in [2.05, 4.69) is 5.32 Å². The summed E-state index contributed by atoms with van der Waals surface area (Å²) in [6.07, 6.45) is -3.04. The van der Waals surface area contributed by atoms with E-state index in [4.69, 9.17) is 5.11 Å². The topological polar surface area (TPSA) is 32.3 Å². The van der Waals surface area contributed by atoms with Gasteiger partial charge in [0.15, 0.2) is 0 Å². The molecule has 0 aromatic heterocycles. The molecule has 0 fully saturated rings. The van der Waals surface area contributed by atoms with E-state index in [-0.39, 0.29) is 24.1 Å². The first-order chi connectivity index (χ1) is 9.65. The zero-order chi connectivity index (χ0) is 16.1. The minimum atomic E-state index is -4.56. The molecule has 1 rings (SSSR count). The fraction of sp³-hybridized carbons (Fsp3) is 0.600. The Morgan fingerprint density at radius 3 is 2.43 bits per heavy atom. The summed E-state index contributed by atoms with van der Waals surface area (Å²) in [7, 11) is 0. The molecule has 0 unspecified atom stereocenters. The van der Waals surface area contributed by atoms with Crippen LogP contribution in [0.3, 0.4) is 0 Å². The predicted molar refractivity (Wildman–Crippen MR) is 73.2 cm³/mol. The lowest BCUT2D eigenvalue weighted by atomic mass is 9.89. The average molecular weight is 307 g/mol. The second-order valence-electron chi connectivity index (χ2n) is 5.90.